The molecular weight excluding hydrogens is 604 g/mol. The van der Waals surface area contributed by atoms with Crippen LogP contribution in [0.2, 0.25) is 0 Å². The summed E-state index contributed by atoms with van der Waals surface area (Å²) in [6.07, 6.45) is -7.24. The highest BCUT2D eigenvalue weighted by Crippen LogP contribution is 2.37. The fourth-order valence-electron chi connectivity index (χ4n) is 4.05. The van der Waals surface area contributed by atoms with Gasteiger partial charge in [0.25, 0.3) is 0 Å². The molecule has 0 aromatic heterocycles. The maximum atomic E-state index is 12.9. The van der Waals surface area contributed by atoms with Crippen molar-refractivity contribution in [2.75, 3.05) is 6.61 Å². The lowest BCUT2D eigenvalue weighted by atomic mass is 9.99. The molecule has 0 aliphatic carbocycles. The summed E-state index contributed by atoms with van der Waals surface area (Å²) in [7, 11) is 0. The van der Waals surface area contributed by atoms with Crippen LogP contribution < -0.4 is 0 Å². The average molecular weight is 631 g/mol. The minimum atomic E-state index is -2.02. The lowest BCUT2D eigenvalue weighted by Gasteiger charge is -2.41. The first-order chi connectivity index (χ1) is 21.2. The van der Waals surface area contributed by atoms with Crippen LogP contribution in [0.15, 0.2) is 54.6 Å². The van der Waals surface area contributed by atoms with Crippen molar-refractivity contribution >= 4 is 24.0 Å². The Morgan fingerprint density at radius 2 is 1.22 bits per heavy atom. The molecular formula is C29H26O16. The third-order valence-corrected chi connectivity index (χ3v) is 6.41. The van der Waals surface area contributed by atoms with Gasteiger partial charge in [0.05, 0.1) is 11.1 Å². The molecule has 16 nitrogen and oxygen atoms in total. The van der Waals surface area contributed by atoms with Crippen LogP contribution in [0, 0.1) is 0 Å². The van der Waals surface area contributed by atoms with Gasteiger partial charge in [-0.1, -0.05) is 12.1 Å². The Bertz CT molecular complexity index is 1570. The molecule has 16 heteroatoms. The number of carbonyl (C=O) groups excluding carboxylic acids is 3. The largest absolute Gasteiger partial charge is 0.508 e. The normalized spacial score (nSPS) is 21.2. The maximum absolute atomic E-state index is 12.9. The number of hydrogen-bond donors (Lipinski definition) is 9. The minimum absolute atomic E-state index is 0.0225. The van der Waals surface area contributed by atoms with Crippen LogP contribution in [0.25, 0.3) is 6.08 Å². The van der Waals surface area contributed by atoms with Crippen molar-refractivity contribution in [1.29, 1.82) is 0 Å². The lowest BCUT2D eigenvalue weighted by molar-refractivity contribution is -0.288. The Morgan fingerprint density at radius 3 is 1.76 bits per heavy atom. The van der Waals surface area contributed by atoms with E-state index in [0.29, 0.717) is 5.56 Å². The van der Waals surface area contributed by atoms with Gasteiger partial charge in [0.2, 0.25) is 6.29 Å². The Labute approximate surface area is 252 Å². The molecule has 0 radical (unpaired) electrons. The molecule has 1 fully saturated rings. The Kier molecular flexibility index (Phi) is 9.51. The molecule has 1 aliphatic rings. The van der Waals surface area contributed by atoms with Gasteiger partial charge in [-0.2, -0.15) is 0 Å². The van der Waals surface area contributed by atoms with Crippen molar-refractivity contribution in [3.63, 3.8) is 0 Å². The van der Waals surface area contributed by atoms with Gasteiger partial charge in [-0.25, -0.2) is 14.4 Å². The number of carbonyl (C=O) groups is 3. The minimum Gasteiger partial charge on any atom is -0.508 e. The summed E-state index contributed by atoms with van der Waals surface area (Å²) < 4.78 is 20.9. The smallest absolute Gasteiger partial charge is 0.340 e. The standard InChI is InChI=1S/C29H26O16/c30-15-4-1-12(2-5-15)3-6-21(35)44-26-25(39)24(38)20(11-42-27(40)13-7-16(31)22(36)17(32)8-13)43-29(26)45-28(41)14-9-18(33)23(37)19(34)10-14/h1-10,20,24-26,29-34,36-39H,11H2. The third kappa shape index (κ3) is 7.45. The number of aromatic hydroxyl groups is 7. The van der Waals surface area contributed by atoms with E-state index >= 15 is 0 Å². The van der Waals surface area contributed by atoms with Crippen LogP contribution in [-0.2, 0) is 23.7 Å². The molecule has 1 heterocycles. The summed E-state index contributed by atoms with van der Waals surface area (Å²) in [5.74, 6) is -8.89. The van der Waals surface area contributed by atoms with Gasteiger partial charge in [0.1, 0.15) is 30.7 Å². The number of hydrogen-bond acceptors (Lipinski definition) is 16. The van der Waals surface area contributed by atoms with E-state index in [1.807, 2.05) is 0 Å². The van der Waals surface area contributed by atoms with Gasteiger partial charge in [0, 0.05) is 6.08 Å². The molecule has 9 N–H and O–H groups in total. The van der Waals surface area contributed by atoms with Gasteiger partial charge in [-0.3, -0.25) is 0 Å². The van der Waals surface area contributed by atoms with Crippen LogP contribution in [0.4, 0.5) is 0 Å². The molecule has 4 rings (SSSR count). The molecule has 0 saturated carbocycles. The predicted octanol–water partition coefficient (Wildman–Crippen LogP) is 0.711. The molecule has 0 spiro atoms. The maximum Gasteiger partial charge on any atom is 0.340 e. The Hall–Kier alpha value is -5.71. The molecule has 0 amide bonds. The van der Waals surface area contributed by atoms with Gasteiger partial charge in [-0.05, 0) is 48.0 Å². The molecule has 1 aliphatic heterocycles. The molecule has 5 unspecified atom stereocenters. The van der Waals surface area contributed by atoms with Crippen molar-refractivity contribution in [1.82, 2.24) is 0 Å². The summed E-state index contributed by atoms with van der Waals surface area (Å²) in [6, 6.07) is 8.67. The third-order valence-electron chi connectivity index (χ3n) is 6.41. The highest BCUT2D eigenvalue weighted by atomic mass is 16.7. The van der Waals surface area contributed by atoms with Crippen molar-refractivity contribution in [2.45, 2.75) is 30.7 Å². The first-order valence-electron chi connectivity index (χ1n) is 12.8. The van der Waals surface area contributed by atoms with Gasteiger partial charge < -0.3 is 64.9 Å². The monoisotopic (exact) mass is 630 g/mol. The van der Waals surface area contributed by atoms with Crippen LogP contribution in [0.3, 0.4) is 0 Å². The molecule has 3 aromatic rings. The molecule has 45 heavy (non-hydrogen) atoms. The second-order valence-electron chi connectivity index (χ2n) is 9.58. The summed E-state index contributed by atoms with van der Waals surface area (Å²) in [4.78, 5) is 37.9. The predicted molar refractivity (Wildman–Crippen MR) is 146 cm³/mol. The number of aliphatic hydroxyl groups is 2. The van der Waals surface area contributed by atoms with Crippen molar-refractivity contribution in [2.24, 2.45) is 0 Å². The zero-order chi connectivity index (χ0) is 33.0. The number of phenolic OH excluding ortho intramolecular Hbond substituents is 7. The van der Waals surface area contributed by atoms with Crippen molar-refractivity contribution in [3.8, 4) is 40.2 Å². The van der Waals surface area contributed by atoms with Gasteiger partial charge in [0.15, 0.2) is 40.6 Å². The number of phenols is 7. The highest BCUT2D eigenvalue weighted by molar-refractivity contribution is 5.92. The summed E-state index contributed by atoms with van der Waals surface area (Å²) in [5.41, 5.74) is -0.465. The number of esters is 3. The zero-order valence-electron chi connectivity index (χ0n) is 22.8. The quantitative estimate of drug-likeness (QED) is 0.0717. The van der Waals surface area contributed by atoms with E-state index in [1.165, 1.54) is 30.3 Å². The zero-order valence-corrected chi connectivity index (χ0v) is 22.8. The topological polar surface area (TPSA) is 270 Å². The van der Waals surface area contributed by atoms with E-state index in [4.69, 9.17) is 18.9 Å². The Balaban J connectivity index is 1.54. The SMILES string of the molecule is O=C(C=Cc1ccc(O)cc1)OC1C(OC(=O)c2cc(O)c(O)c(O)c2)OC(COC(=O)c2cc(O)c(O)c(O)c2)C(O)C1O. The van der Waals surface area contributed by atoms with E-state index in [-0.39, 0.29) is 5.75 Å². The number of rotatable bonds is 8. The van der Waals surface area contributed by atoms with E-state index in [9.17, 15) is 60.3 Å². The average Bonchev–Trinajstić information content (AvgIpc) is 3.00. The van der Waals surface area contributed by atoms with E-state index in [1.54, 1.807) is 0 Å². The van der Waals surface area contributed by atoms with E-state index in [2.05, 4.69) is 0 Å². The van der Waals surface area contributed by atoms with Crippen LogP contribution in [0.1, 0.15) is 26.3 Å². The summed E-state index contributed by atoms with van der Waals surface area (Å²) >= 11 is 0. The summed E-state index contributed by atoms with van der Waals surface area (Å²) in [5, 5.41) is 88.7. The number of benzene rings is 3. The second-order valence-corrected chi connectivity index (χ2v) is 9.58. The second kappa shape index (κ2) is 13.3. The molecule has 238 valence electrons. The first-order valence-corrected chi connectivity index (χ1v) is 12.8. The van der Waals surface area contributed by atoms with Crippen LogP contribution in [0.5, 0.6) is 40.2 Å². The molecule has 1 saturated heterocycles. The van der Waals surface area contributed by atoms with Crippen molar-refractivity contribution < 1.29 is 79.3 Å². The van der Waals surface area contributed by atoms with E-state index < -0.39 is 101 Å². The van der Waals surface area contributed by atoms with Crippen molar-refractivity contribution in [3.05, 3.63) is 71.3 Å². The first kappa shape index (κ1) is 32.2. The van der Waals surface area contributed by atoms with Crippen LogP contribution >= 0.6 is 0 Å². The number of ether oxygens (including phenoxy) is 4. The Morgan fingerprint density at radius 1 is 0.711 bits per heavy atom. The van der Waals surface area contributed by atoms with E-state index in [0.717, 1.165) is 30.3 Å². The van der Waals surface area contributed by atoms with Crippen LogP contribution in [-0.4, -0.2) is 101 Å². The highest BCUT2D eigenvalue weighted by Gasteiger charge is 2.49. The number of aliphatic hydroxyl groups excluding tert-OH is 2. The molecule has 5 atom stereocenters. The molecule has 3 aromatic carbocycles. The van der Waals surface area contributed by atoms with Gasteiger partial charge in [-0.15, -0.1) is 0 Å². The fraction of sp³-hybridized carbons (Fsp3) is 0.207. The molecule has 0 bridgehead atoms. The van der Waals surface area contributed by atoms with Gasteiger partial charge >= 0.3 is 17.9 Å². The lowest BCUT2D eigenvalue weighted by Crippen LogP contribution is -2.61. The summed E-state index contributed by atoms with van der Waals surface area (Å²) in [6.45, 7) is -0.824. The fourth-order valence-corrected chi connectivity index (χ4v) is 4.05.